The summed E-state index contributed by atoms with van der Waals surface area (Å²) in [6.07, 6.45) is 6.15. The second-order valence-corrected chi connectivity index (χ2v) is 6.38. The monoisotopic (exact) mass is 324 g/mol. The maximum Gasteiger partial charge on any atom is 0.328 e. The number of benzene rings is 1. The zero-order valence-electron chi connectivity index (χ0n) is 13.4. The van der Waals surface area contributed by atoms with E-state index in [1.54, 1.807) is 11.1 Å². The van der Waals surface area contributed by atoms with Crippen LogP contribution in [0.4, 0.5) is 10.5 Å². The number of amides is 3. The van der Waals surface area contributed by atoms with E-state index < -0.39 is 0 Å². The molecule has 1 aromatic heterocycles. The van der Waals surface area contributed by atoms with E-state index in [9.17, 15) is 9.59 Å². The number of imide groups is 1. The summed E-state index contributed by atoms with van der Waals surface area (Å²) in [5.74, 6) is 0.295. The van der Waals surface area contributed by atoms with E-state index >= 15 is 0 Å². The first-order valence-corrected chi connectivity index (χ1v) is 8.43. The summed E-state index contributed by atoms with van der Waals surface area (Å²) < 4.78 is 0. The molecule has 124 valence electrons. The summed E-state index contributed by atoms with van der Waals surface area (Å²) in [6.45, 7) is 2.46. The zero-order valence-corrected chi connectivity index (χ0v) is 13.4. The third-order valence-corrected chi connectivity index (χ3v) is 4.94. The Morgan fingerprint density at radius 2 is 1.92 bits per heavy atom. The fourth-order valence-corrected chi connectivity index (χ4v) is 3.70. The number of hydrogen-bond donors (Lipinski definition) is 2. The summed E-state index contributed by atoms with van der Waals surface area (Å²) in [5, 5.41) is 7.90. The topological polar surface area (TPSA) is 74.3 Å². The fraction of sp³-hybridized carbons (Fsp3) is 0.389. The summed E-state index contributed by atoms with van der Waals surface area (Å²) in [4.78, 5) is 29.6. The molecule has 1 aromatic carbocycles. The maximum absolute atomic E-state index is 12.2. The van der Waals surface area contributed by atoms with Gasteiger partial charge in [-0.05, 0) is 37.4 Å². The first-order chi connectivity index (χ1) is 11.7. The van der Waals surface area contributed by atoms with Gasteiger partial charge in [-0.2, -0.15) is 0 Å². The minimum atomic E-state index is -0.368. The van der Waals surface area contributed by atoms with Crippen molar-refractivity contribution in [3.63, 3.8) is 0 Å². The number of hydrogen-bond acceptors (Lipinski definition) is 4. The zero-order chi connectivity index (χ0) is 16.5. The minimum absolute atomic E-state index is 0.222. The molecule has 4 rings (SSSR count). The van der Waals surface area contributed by atoms with Crippen molar-refractivity contribution in [2.45, 2.75) is 25.2 Å². The van der Waals surface area contributed by atoms with Crippen molar-refractivity contribution in [2.75, 3.05) is 24.5 Å². The lowest BCUT2D eigenvalue weighted by Gasteiger charge is -2.28. The second kappa shape index (κ2) is 6.20. The molecular formula is C18H20N4O2. The molecule has 0 saturated carbocycles. The van der Waals surface area contributed by atoms with Crippen LogP contribution in [0.2, 0.25) is 0 Å². The molecule has 0 aliphatic carbocycles. The van der Waals surface area contributed by atoms with E-state index in [0.29, 0.717) is 18.9 Å². The first kappa shape index (κ1) is 15.1. The van der Waals surface area contributed by atoms with Crippen LogP contribution in [0, 0.1) is 0 Å². The van der Waals surface area contributed by atoms with Crippen LogP contribution in [0.15, 0.2) is 30.6 Å². The van der Waals surface area contributed by atoms with Gasteiger partial charge in [-0.1, -0.05) is 18.2 Å². The Labute approximate surface area is 140 Å². The number of anilines is 1. The number of nitrogens with zero attached hydrogens (tertiary/aromatic N) is 2. The van der Waals surface area contributed by atoms with E-state index in [4.69, 9.17) is 0 Å². The van der Waals surface area contributed by atoms with Crippen molar-refractivity contribution in [3.8, 4) is 0 Å². The highest BCUT2D eigenvalue weighted by atomic mass is 16.2. The number of carbonyl (C=O) groups excluding carboxylic acids is 2. The summed E-state index contributed by atoms with van der Waals surface area (Å²) >= 11 is 0. The highest BCUT2D eigenvalue weighted by Gasteiger charge is 2.26. The highest BCUT2D eigenvalue weighted by Crippen LogP contribution is 2.35. The maximum atomic E-state index is 12.2. The van der Waals surface area contributed by atoms with Crippen molar-refractivity contribution in [3.05, 3.63) is 36.2 Å². The van der Waals surface area contributed by atoms with Crippen LogP contribution in [0.1, 0.15) is 30.7 Å². The lowest BCUT2D eigenvalue weighted by molar-refractivity contribution is -0.120. The number of rotatable bonds is 2. The molecule has 2 aromatic rings. The highest BCUT2D eigenvalue weighted by molar-refractivity contribution is 6.10. The van der Waals surface area contributed by atoms with Crippen molar-refractivity contribution in [1.29, 1.82) is 0 Å². The lowest BCUT2D eigenvalue weighted by atomic mass is 9.87. The molecule has 0 spiro atoms. The number of aromatic nitrogens is 1. The van der Waals surface area contributed by atoms with Gasteiger partial charge in [0.1, 0.15) is 0 Å². The fourth-order valence-electron chi connectivity index (χ4n) is 3.70. The van der Waals surface area contributed by atoms with Gasteiger partial charge in [-0.25, -0.2) is 4.79 Å². The molecule has 2 fully saturated rings. The molecule has 24 heavy (non-hydrogen) atoms. The van der Waals surface area contributed by atoms with E-state index in [0.717, 1.165) is 42.4 Å². The van der Waals surface area contributed by atoms with Crippen molar-refractivity contribution in [2.24, 2.45) is 0 Å². The Kier molecular flexibility index (Phi) is 3.90. The van der Waals surface area contributed by atoms with Gasteiger partial charge in [0.15, 0.2) is 0 Å². The quantitative estimate of drug-likeness (QED) is 0.888. The Morgan fingerprint density at radius 1 is 1.08 bits per heavy atom. The first-order valence-electron chi connectivity index (χ1n) is 8.43. The standard InChI is InChI=1S/C18H20N4O2/c23-17-6-9-22(18(24)21-17)16-11-20-10-15-13(2-1-3-14(15)16)12-4-7-19-8-5-12/h1-3,10-12,19H,4-9H2,(H,21,23,24). The number of fused-ring (bicyclic) bond motifs is 1. The van der Waals surface area contributed by atoms with Crippen LogP contribution >= 0.6 is 0 Å². The molecule has 2 N–H and O–H groups in total. The Morgan fingerprint density at radius 3 is 2.71 bits per heavy atom. The summed E-state index contributed by atoms with van der Waals surface area (Å²) in [7, 11) is 0. The molecule has 0 atom stereocenters. The largest absolute Gasteiger partial charge is 0.328 e. The van der Waals surface area contributed by atoms with Crippen LogP contribution < -0.4 is 15.5 Å². The molecule has 6 heteroatoms. The third kappa shape index (κ3) is 2.63. The molecule has 2 aliphatic heterocycles. The number of nitrogens with one attached hydrogen (secondary N) is 2. The Balaban J connectivity index is 1.78. The van der Waals surface area contributed by atoms with Gasteiger partial charge < -0.3 is 5.32 Å². The number of urea groups is 1. The summed E-state index contributed by atoms with van der Waals surface area (Å²) in [5.41, 5.74) is 2.07. The molecule has 3 heterocycles. The number of carbonyl (C=O) groups is 2. The lowest BCUT2D eigenvalue weighted by Crippen LogP contribution is -2.49. The van der Waals surface area contributed by atoms with Gasteiger partial charge in [0.05, 0.1) is 11.9 Å². The average molecular weight is 324 g/mol. The molecule has 0 radical (unpaired) electrons. The third-order valence-electron chi connectivity index (χ3n) is 4.94. The molecule has 0 unspecified atom stereocenters. The molecule has 2 saturated heterocycles. The van der Waals surface area contributed by atoms with Crippen LogP contribution in [-0.4, -0.2) is 36.6 Å². The van der Waals surface area contributed by atoms with Crippen LogP contribution in [0.5, 0.6) is 0 Å². The van der Waals surface area contributed by atoms with E-state index in [1.807, 2.05) is 12.3 Å². The van der Waals surface area contributed by atoms with Gasteiger partial charge in [0.2, 0.25) is 5.91 Å². The van der Waals surface area contributed by atoms with Crippen molar-refractivity contribution >= 4 is 28.4 Å². The number of piperidine rings is 1. The van der Waals surface area contributed by atoms with Gasteiger partial charge in [-0.3, -0.25) is 20.0 Å². The minimum Gasteiger partial charge on any atom is -0.317 e. The van der Waals surface area contributed by atoms with Crippen LogP contribution in [0.3, 0.4) is 0 Å². The average Bonchev–Trinajstić information content (AvgIpc) is 2.62. The van der Waals surface area contributed by atoms with Crippen LogP contribution in [0.25, 0.3) is 10.8 Å². The van der Waals surface area contributed by atoms with E-state index in [-0.39, 0.29) is 11.9 Å². The van der Waals surface area contributed by atoms with E-state index in [2.05, 4.69) is 27.8 Å². The van der Waals surface area contributed by atoms with E-state index in [1.165, 1.54) is 5.56 Å². The van der Waals surface area contributed by atoms with Gasteiger partial charge in [-0.15, -0.1) is 0 Å². The van der Waals surface area contributed by atoms with Crippen LogP contribution in [-0.2, 0) is 4.79 Å². The predicted molar refractivity (Wildman–Crippen MR) is 92.1 cm³/mol. The smallest absolute Gasteiger partial charge is 0.317 e. The predicted octanol–water partition coefficient (Wildman–Crippen LogP) is 2.15. The number of pyridine rings is 1. The normalized spacial score (nSPS) is 19.6. The van der Waals surface area contributed by atoms with Gasteiger partial charge in [0.25, 0.3) is 0 Å². The molecule has 3 amide bonds. The van der Waals surface area contributed by atoms with Crippen molar-refractivity contribution < 1.29 is 9.59 Å². The summed E-state index contributed by atoms with van der Waals surface area (Å²) in [6, 6.07) is 5.88. The van der Waals surface area contributed by atoms with Crippen molar-refractivity contribution in [1.82, 2.24) is 15.6 Å². The molecule has 6 nitrogen and oxygen atoms in total. The Hall–Kier alpha value is -2.47. The Bertz CT molecular complexity index is 799. The SMILES string of the molecule is O=C1CCN(c2cncc3c(C4CCNCC4)cccc23)C(=O)N1. The molecule has 2 aliphatic rings. The molecular weight excluding hydrogens is 304 g/mol. The van der Waals surface area contributed by atoms with Gasteiger partial charge >= 0.3 is 6.03 Å². The second-order valence-electron chi connectivity index (χ2n) is 6.38. The molecule has 0 bridgehead atoms. The van der Waals surface area contributed by atoms with Gasteiger partial charge in [0, 0.05) is 29.9 Å².